The zero-order valence-electron chi connectivity index (χ0n) is 13.2. The Morgan fingerprint density at radius 3 is 2.55 bits per heavy atom. The zero-order chi connectivity index (χ0) is 15.0. The molecule has 0 fully saturated rings. The fourth-order valence-corrected chi connectivity index (χ4v) is 2.05. The second kappa shape index (κ2) is 8.61. The van der Waals surface area contributed by atoms with Crippen LogP contribution in [0.1, 0.15) is 53.4 Å². The summed E-state index contributed by atoms with van der Waals surface area (Å²) in [5.41, 5.74) is 6.72. The highest BCUT2D eigenvalue weighted by Crippen LogP contribution is 2.29. The zero-order valence-corrected chi connectivity index (χ0v) is 13.2. The van der Waals surface area contributed by atoms with Gasteiger partial charge in [0.2, 0.25) is 5.88 Å². The minimum Gasteiger partial charge on any atom is -0.476 e. The van der Waals surface area contributed by atoms with Crippen LogP contribution in [0.3, 0.4) is 0 Å². The molecular formula is C15H28N4O. The summed E-state index contributed by atoms with van der Waals surface area (Å²) in [6.45, 7) is 10.1. The lowest BCUT2D eigenvalue weighted by atomic mass is 10.2. The van der Waals surface area contributed by atoms with Gasteiger partial charge in [-0.05, 0) is 26.7 Å². The fraction of sp³-hybridized carbons (Fsp3) is 0.733. The van der Waals surface area contributed by atoms with E-state index < -0.39 is 0 Å². The van der Waals surface area contributed by atoms with Gasteiger partial charge in [0.15, 0.2) is 5.82 Å². The number of unbranched alkanes of at least 4 members (excludes halogenated alkanes) is 2. The lowest BCUT2D eigenvalue weighted by Crippen LogP contribution is -2.33. The smallest absolute Gasteiger partial charge is 0.242 e. The summed E-state index contributed by atoms with van der Waals surface area (Å²) >= 11 is 0. The number of nitrogens with two attached hydrogens (primary N) is 1. The van der Waals surface area contributed by atoms with Crippen LogP contribution in [-0.4, -0.2) is 29.2 Å². The summed E-state index contributed by atoms with van der Waals surface area (Å²) in [7, 11) is 0. The third-order valence-electron chi connectivity index (χ3n) is 3.17. The van der Waals surface area contributed by atoms with Gasteiger partial charge in [0, 0.05) is 12.6 Å². The van der Waals surface area contributed by atoms with Crippen molar-refractivity contribution in [3.63, 3.8) is 0 Å². The molecule has 114 valence electrons. The average Bonchev–Trinajstić information content (AvgIpc) is 2.43. The predicted octanol–water partition coefficient (Wildman–Crippen LogP) is 3.25. The van der Waals surface area contributed by atoms with Crippen LogP contribution in [0.15, 0.2) is 6.33 Å². The van der Waals surface area contributed by atoms with Crippen molar-refractivity contribution in [3.8, 4) is 5.88 Å². The number of nitrogens with zero attached hydrogens (tertiary/aromatic N) is 3. The van der Waals surface area contributed by atoms with Gasteiger partial charge >= 0.3 is 0 Å². The normalized spacial score (nSPS) is 10.8. The fourth-order valence-electron chi connectivity index (χ4n) is 2.05. The van der Waals surface area contributed by atoms with E-state index in [-0.39, 0.29) is 0 Å². The molecule has 0 aliphatic rings. The number of rotatable bonds is 9. The van der Waals surface area contributed by atoms with Crippen molar-refractivity contribution in [2.45, 2.75) is 59.4 Å². The first-order chi connectivity index (χ1) is 9.61. The third kappa shape index (κ3) is 4.54. The Morgan fingerprint density at radius 1 is 1.20 bits per heavy atom. The molecule has 5 heteroatoms. The van der Waals surface area contributed by atoms with E-state index >= 15 is 0 Å². The van der Waals surface area contributed by atoms with E-state index in [2.05, 4.69) is 42.6 Å². The van der Waals surface area contributed by atoms with Crippen molar-refractivity contribution in [1.29, 1.82) is 0 Å². The number of anilines is 2. The Hall–Kier alpha value is -1.52. The first-order valence-electron chi connectivity index (χ1n) is 7.61. The SMILES string of the molecule is CCCCCN(c1ncnc(OCCC)c1N)C(C)C. The van der Waals surface area contributed by atoms with E-state index in [0.717, 1.165) is 25.2 Å². The third-order valence-corrected chi connectivity index (χ3v) is 3.17. The molecule has 0 radical (unpaired) electrons. The van der Waals surface area contributed by atoms with E-state index in [1.165, 1.54) is 19.2 Å². The van der Waals surface area contributed by atoms with Crippen LogP contribution >= 0.6 is 0 Å². The molecule has 0 saturated heterocycles. The van der Waals surface area contributed by atoms with Gasteiger partial charge in [-0.2, -0.15) is 4.98 Å². The van der Waals surface area contributed by atoms with Crippen molar-refractivity contribution in [1.82, 2.24) is 9.97 Å². The van der Waals surface area contributed by atoms with E-state index in [9.17, 15) is 0 Å². The summed E-state index contributed by atoms with van der Waals surface area (Å²) in [5.74, 6) is 1.29. The summed E-state index contributed by atoms with van der Waals surface area (Å²) in [6, 6.07) is 0.350. The standard InChI is InChI=1S/C15H28N4O/c1-5-7-8-9-19(12(3)4)14-13(16)15(18-11-17-14)20-10-6-2/h11-12H,5-10,16H2,1-4H3. The van der Waals surface area contributed by atoms with Gasteiger partial charge in [-0.15, -0.1) is 0 Å². The number of ether oxygens (including phenoxy) is 1. The van der Waals surface area contributed by atoms with Crippen molar-refractivity contribution >= 4 is 11.5 Å². The first kappa shape index (κ1) is 16.5. The van der Waals surface area contributed by atoms with Gasteiger partial charge < -0.3 is 15.4 Å². The van der Waals surface area contributed by atoms with Gasteiger partial charge in [0.1, 0.15) is 12.0 Å². The molecule has 1 heterocycles. The first-order valence-corrected chi connectivity index (χ1v) is 7.61. The molecule has 0 aromatic carbocycles. The van der Waals surface area contributed by atoms with Crippen molar-refractivity contribution < 1.29 is 4.74 Å². The molecule has 1 aromatic rings. The minimum atomic E-state index is 0.350. The second-order valence-corrected chi connectivity index (χ2v) is 5.26. The van der Waals surface area contributed by atoms with Crippen molar-refractivity contribution in [3.05, 3.63) is 6.33 Å². The number of aromatic nitrogens is 2. The molecule has 0 aliphatic carbocycles. The largest absolute Gasteiger partial charge is 0.476 e. The average molecular weight is 280 g/mol. The molecule has 0 atom stereocenters. The molecule has 0 unspecified atom stereocenters. The predicted molar refractivity (Wildman–Crippen MR) is 84.2 cm³/mol. The summed E-state index contributed by atoms with van der Waals surface area (Å²) in [4.78, 5) is 10.7. The van der Waals surface area contributed by atoms with Crippen LogP contribution in [0.25, 0.3) is 0 Å². The molecule has 1 aromatic heterocycles. The number of nitrogen functional groups attached to an aromatic ring is 1. The lowest BCUT2D eigenvalue weighted by Gasteiger charge is -2.29. The molecule has 0 amide bonds. The van der Waals surface area contributed by atoms with Crippen LogP contribution in [0.5, 0.6) is 5.88 Å². The van der Waals surface area contributed by atoms with E-state index in [4.69, 9.17) is 10.5 Å². The monoisotopic (exact) mass is 280 g/mol. The maximum absolute atomic E-state index is 6.18. The van der Waals surface area contributed by atoms with E-state index in [0.29, 0.717) is 24.2 Å². The quantitative estimate of drug-likeness (QED) is 0.703. The lowest BCUT2D eigenvalue weighted by molar-refractivity contribution is 0.306. The molecule has 0 bridgehead atoms. The van der Waals surface area contributed by atoms with E-state index in [1.54, 1.807) is 0 Å². The van der Waals surface area contributed by atoms with Crippen LogP contribution in [0.4, 0.5) is 11.5 Å². The number of hydrogen-bond donors (Lipinski definition) is 1. The Balaban J connectivity index is 2.89. The maximum Gasteiger partial charge on any atom is 0.242 e. The summed E-state index contributed by atoms with van der Waals surface area (Å²) in [5, 5.41) is 0. The van der Waals surface area contributed by atoms with Crippen LogP contribution in [0.2, 0.25) is 0 Å². The maximum atomic E-state index is 6.18. The Kier molecular flexibility index (Phi) is 7.12. The minimum absolute atomic E-state index is 0.350. The Labute approximate surface area is 122 Å². The van der Waals surface area contributed by atoms with Gasteiger partial charge in [-0.25, -0.2) is 4.98 Å². The van der Waals surface area contributed by atoms with E-state index in [1.807, 2.05) is 0 Å². The Bertz CT molecular complexity index is 395. The van der Waals surface area contributed by atoms with Crippen molar-refractivity contribution in [2.24, 2.45) is 0 Å². The molecule has 2 N–H and O–H groups in total. The highest BCUT2D eigenvalue weighted by atomic mass is 16.5. The van der Waals surface area contributed by atoms with Gasteiger partial charge in [-0.3, -0.25) is 0 Å². The second-order valence-electron chi connectivity index (χ2n) is 5.26. The molecule has 5 nitrogen and oxygen atoms in total. The van der Waals surface area contributed by atoms with Crippen LogP contribution < -0.4 is 15.4 Å². The molecule has 1 rings (SSSR count). The topological polar surface area (TPSA) is 64.3 Å². The van der Waals surface area contributed by atoms with Crippen LogP contribution in [0, 0.1) is 0 Å². The summed E-state index contributed by atoms with van der Waals surface area (Å²) < 4.78 is 5.58. The molecule has 20 heavy (non-hydrogen) atoms. The molecular weight excluding hydrogens is 252 g/mol. The van der Waals surface area contributed by atoms with Gasteiger partial charge in [0.05, 0.1) is 6.61 Å². The Morgan fingerprint density at radius 2 is 1.95 bits per heavy atom. The molecule has 0 aliphatic heterocycles. The number of hydrogen-bond acceptors (Lipinski definition) is 5. The van der Waals surface area contributed by atoms with Crippen LogP contribution in [-0.2, 0) is 0 Å². The highest BCUT2D eigenvalue weighted by molar-refractivity contribution is 5.68. The molecule has 0 spiro atoms. The molecule has 0 saturated carbocycles. The van der Waals surface area contributed by atoms with Gasteiger partial charge in [-0.1, -0.05) is 26.7 Å². The summed E-state index contributed by atoms with van der Waals surface area (Å²) in [6.07, 6.45) is 6.03. The highest BCUT2D eigenvalue weighted by Gasteiger charge is 2.18. The van der Waals surface area contributed by atoms with Gasteiger partial charge in [0.25, 0.3) is 0 Å². The van der Waals surface area contributed by atoms with Crippen molar-refractivity contribution in [2.75, 3.05) is 23.8 Å².